The maximum absolute atomic E-state index is 12.9. The molecule has 32 heavy (non-hydrogen) atoms. The standard InChI is InChI=1S/C25H27N3O3S/c1-25(2)16-28(13-12-27-25)23(29)22-15-26-24(32-22)30-19-9-11-21-18(14-19)8-10-20(31-21)17-6-4-3-5-7-17/h3-7,9,11,14-15,20,27H,8,10,12-13,16H2,1-2H3. The molecule has 1 aromatic heterocycles. The van der Waals surface area contributed by atoms with Gasteiger partial charge in [-0.25, -0.2) is 4.98 Å². The second kappa shape index (κ2) is 8.56. The quantitative estimate of drug-likeness (QED) is 0.618. The average Bonchev–Trinajstić information content (AvgIpc) is 3.26. The number of amides is 1. The molecule has 2 aliphatic heterocycles. The summed E-state index contributed by atoms with van der Waals surface area (Å²) >= 11 is 1.29. The van der Waals surface area contributed by atoms with Crippen molar-refractivity contribution in [2.24, 2.45) is 0 Å². The fourth-order valence-corrected chi connectivity index (χ4v) is 5.06. The Morgan fingerprint density at radius 2 is 2.09 bits per heavy atom. The fraction of sp³-hybridized carbons (Fsp3) is 0.360. The Bertz CT molecular complexity index is 1110. The van der Waals surface area contributed by atoms with E-state index in [1.165, 1.54) is 16.9 Å². The number of benzene rings is 2. The largest absolute Gasteiger partial charge is 0.485 e. The second-order valence-electron chi connectivity index (χ2n) is 8.96. The van der Waals surface area contributed by atoms with Gasteiger partial charge in [0.1, 0.15) is 22.5 Å². The third kappa shape index (κ3) is 4.49. The van der Waals surface area contributed by atoms with Crippen molar-refractivity contribution in [2.45, 2.75) is 38.3 Å². The first-order valence-corrected chi connectivity index (χ1v) is 11.8. The number of hydrogen-bond acceptors (Lipinski definition) is 6. The van der Waals surface area contributed by atoms with Crippen molar-refractivity contribution in [3.05, 3.63) is 70.7 Å². The van der Waals surface area contributed by atoms with E-state index in [1.807, 2.05) is 41.3 Å². The first-order valence-electron chi connectivity index (χ1n) is 11.0. The fourth-order valence-electron chi connectivity index (χ4n) is 4.31. The summed E-state index contributed by atoms with van der Waals surface area (Å²) in [7, 11) is 0. The number of aromatic nitrogens is 1. The van der Waals surface area contributed by atoms with Crippen molar-refractivity contribution in [1.29, 1.82) is 0 Å². The molecule has 1 amide bonds. The molecule has 1 atom stereocenters. The number of piperazine rings is 1. The molecule has 6 nitrogen and oxygen atoms in total. The molecule has 1 fully saturated rings. The Labute approximate surface area is 192 Å². The monoisotopic (exact) mass is 449 g/mol. The zero-order valence-electron chi connectivity index (χ0n) is 18.3. The summed E-state index contributed by atoms with van der Waals surface area (Å²) in [5.41, 5.74) is 2.25. The highest BCUT2D eigenvalue weighted by molar-refractivity contribution is 7.15. The summed E-state index contributed by atoms with van der Waals surface area (Å²) in [5, 5.41) is 3.90. The lowest BCUT2D eigenvalue weighted by atomic mass is 9.97. The van der Waals surface area contributed by atoms with Gasteiger partial charge in [0.15, 0.2) is 0 Å². The van der Waals surface area contributed by atoms with E-state index in [9.17, 15) is 4.79 Å². The average molecular weight is 450 g/mol. The zero-order valence-corrected chi connectivity index (χ0v) is 19.2. The van der Waals surface area contributed by atoms with Crippen molar-refractivity contribution in [3.63, 3.8) is 0 Å². The van der Waals surface area contributed by atoms with E-state index in [1.54, 1.807) is 6.20 Å². The lowest BCUT2D eigenvalue weighted by Crippen LogP contribution is -2.58. The van der Waals surface area contributed by atoms with Gasteiger partial charge in [-0.15, -0.1) is 0 Å². The van der Waals surface area contributed by atoms with Gasteiger partial charge in [-0.05, 0) is 56.0 Å². The van der Waals surface area contributed by atoms with E-state index in [2.05, 4.69) is 36.3 Å². The van der Waals surface area contributed by atoms with E-state index in [0.29, 0.717) is 28.9 Å². The third-order valence-corrected chi connectivity index (χ3v) is 6.77. The molecule has 1 saturated heterocycles. The molecule has 0 radical (unpaired) electrons. The number of carbonyl (C=O) groups excluding carboxylic acids is 1. The molecule has 3 heterocycles. The highest BCUT2D eigenvalue weighted by Gasteiger charge is 2.30. The van der Waals surface area contributed by atoms with Crippen LogP contribution in [0.1, 0.15) is 47.2 Å². The molecule has 0 aliphatic carbocycles. The van der Waals surface area contributed by atoms with Crippen LogP contribution in [0.3, 0.4) is 0 Å². The SMILES string of the molecule is CC1(C)CN(C(=O)c2cnc(Oc3ccc4c(c3)CCC(c3ccccc3)O4)s2)CCN1. The second-order valence-corrected chi connectivity index (χ2v) is 9.95. The van der Waals surface area contributed by atoms with Gasteiger partial charge in [-0.3, -0.25) is 4.79 Å². The molecule has 5 rings (SSSR count). The predicted molar refractivity (Wildman–Crippen MR) is 125 cm³/mol. The van der Waals surface area contributed by atoms with E-state index < -0.39 is 0 Å². The van der Waals surface area contributed by atoms with Crippen molar-refractivity contribution >= 4 is 17.2 Å². The third-order valence-electron chi connectivity index (χ3n) is 5.91. The lowest BCUT2D eigenvalue weighted by Gasteiger charge is -2.38. The summed E-state index contributed by atoms with van der Waals surface area (Å²) in [6.45, 7) is 6.38. The molecule has 0 bridgehead atoms. The highest BCUT2D eigenvalue weighted by Crippen LogP contribution is 2.38. The number of nitrogens with one attached hydrogen (secondary N) is 1. The molecule has 3 aromatic rings. The van der Waals surface area contributed by atoms with Gasteiger partial charge in [0.2, 0.25) is 0 Å². The molecule has 166 valence electrons. The number of nitrogens with zero attached hydrogens (tertiary/aromatic N) is 2. The van der Waals surface area contributed by atoms with Crippen LogP contribution in [-0.4, -0.2) is 41.0 Å². The minimum Gasteiger partial charge on any atom is -0.485 e. The topological polar surface area (TPSA) is 63.7 Å². The minimum absolute atomic E-state index is 0.0118. The summed E-state index contributed by atoms with van der Waals surface area (Å²) in [4.78, 5) is 19.7. The Morgan fingerprint density at radius 1 is 1.25 bits per heavy atom. The number of carbonyl (C=O) groups is 1. The van der Waals surface area contributed by atoms with Gasteiger partial charge in [0, 0.05) is 25.2 Å². The van der Waals surface area contributed by atoms with Crippen LogP contribution in [0.25, 0.3) is 0 Å². The van der Waals surface area contributed by atoms with Crippen molar-refractivity contribution in [3.8, 4) is 16.7 Å². The van der Waals surface area contributed by atoms with Gasteiger partial charge in [0.25, 0.3) is 11.1 Å². The Hall–Kier alpha value is -2.90. The van der Waals surface area contributed by atoms with Gasteiger partial charge in [-0.1, -0.05) is 41.7 Å². The van der Waals surface area contributed by atoms with Crippen LogP contribution in [0.4, 0.5) is 0 Å². The number of fused-ring (bicyclic) bond motifs is 1. The molecule has 0 spiro atoms. The van der Waals surface area contributed by atoms with Crippen LogP contribution in [0, 0.1) is 0 Å². The van der Waals surface area contributed by atoms with Crippen molar-refractivity contribution < 1.29 is 14.3 Å². The van der Waals surface area contributed by atoms with Gasteiger partial charge in [-0.2, -0.15) is 0 Å². The number of hydrogen-bond donors (Lipinski definition) is 1. The van der Waals surface area contributed by atoms with Gasteiger partial charge < -0.3 is 19.7 Å². The first kappa shape index (κ1) is 21.0. The smallest absolute Gasteiger partial charge is 0.279 e. The van der Waals surface area contributed by atoms with Crippen LogP contribution in [0.5, 0.6) is 16.7 Å². The Kier molecular flexibility index (Phi) is 5.61. The summed E-state index contributed by atoms with van der Waals surface area (Å²) in [6, 6.07) is 16.2. The number of aryl methyl sites for hydroxylation is 1. The van der Waals surface area contributed by atoms with Crippen LogP contribution >= 0.6 is 11.3 Å². The van der Waals surface area contributed by atoms with Gasteiger partial charge >= 0.3 is 0 Å². The molecule has 2 aromatic carbocycles. The maximum atomic E-state index is 12.9. The maximum Gasteiger partial charge on any atom is 0.279 e. The molecule has 1 N–H and O–H groups in total. The predicted octanol–water partition coefficient (Wildman–Crippen LogP) is 4.83. The lowest BCUT2D eigenvalue weighted by molar-refractivity contribution is 0.0657. The molecule has 7 heteroatoms. The number of thiazole rings is 1. The summed E-state index contributed by atoms with van der Waals surface area (Å²) in [6.07, 6.45) is 3.55. The van der Waals surface area contributed by atoms with Gasteiger partial charge in [0.05, 0.1) is 6.20 Å². The Balaban J connectivity index is 1.25. The molecular formula is C25H27N3O3S. The molecule has 2 aliphatic rings. The summed E-state index contributed by atoms with van der Waals surface area (Å²) < 4.78 is 12.2. The highest BCUT2D eigenvalue weighted by atomic mass is 32.1. The molecular weight excluding hydrogens is 422 g/mol. The molecule has 0 saturated carbocycles. The van der Waals surface area contributed by atoms with Crippen LogP contribution in [0.15, 0.2) is 54.7 Å². The first-order chi connectivity index (χ1) is 15.5. The number of rotatable bonds is 4. The Morgan fingerprint density at radius 3 is 2.91 bits per heavy atom. The van der Waals surface area contributed by atoms with E-state index in [4.69, 9.17) is 9.47 Å². The summed E-state index contributed by atoms with van der Waals surface area (Å²) in [5.74, 6) is 1.62. The number of ether oxygens (including phenoxy) is 2. The van der Waals surface area contributed by atoms with Crippen LogP contribution in [0.2, 0.25) is 0 Å². The van der Waals surface area contributed by atoms with Crippen molar-refractivity contribution in [2.75, 3.05) is 19.6 Å². The van der Waals surface area contributed by atoms with Crippen LogP contribution in [-0.2, 0) is 6.42 Å². The van der Waals surface area contributed by atoms with E-state index in [0.717, 1.165) is 30.7 Å². The normalized spacial score (nSPS) is 19.7. The van der Waals surface area contributed by atoms with E-state index in [-0.39, 0.29) is 17.6 Å². The van der Waals surface area contributed by atoms with Crippen LogP contribution < -0.4 is 14.8 Å². The molecule has 1 unspecified atom stereocenters. The minimum atomic E-state index is -0.0807. The van der Waals surface area contributed by atoms with Crippen molar-refractivity contribution in [1.82, 2.24) is 15.2 Å². The van der Waals surface area contributed by atoms with E-state index >= 15 is 0 Å². The zero-order chi connectivity index (χ0) is 22.1.